The summed E-state index contributed by atoms with van der Waals surface area (Å²) in [6, 6.07) is 26.2. The first-order chi connectivity index (χ1) is 20.0. The van der Waals surface area contributed by atoms with E-state index in [-0.39, 0.29) is 31.1 Å². The van der Waals surface area contributed by atoms with Gasteiger partial charge in [0.15, 0.2) is 6.29 Å². The van der Waals surface area contributed by atoms with Crippen LogP contribution in [0.1, 0.15) is 79.6 Å². The fraction of sp³-hybridized carbons (Fsp3) is 0.394. The molecule has 1 heterocycles. The number of carboxylic acids is 1. The molecule has 0 aromatic heterocycles. The van der Waals surface area contributed by atoms with Gasteiger partial charge in [-0.1, -0.05) is 79.6 Å². The van der Waals surface area contributed by atoms with E-state index in [1.54, 1.807) is 11.8 Å². The maximum atomic E-state index is 12.2. The molecule has 0 saturated carbocycles. The first-order valence-electron chi connectivity index (χ1n) is 14.3. The van der Waals surface area contributed by atoms with Crippen molar-refractivity contribution in [2.45, 2.75) is 81.5 Å². The van der Waals surface area contributed by atoms with Crippen molar-refractivity contribution in [1.82, 2.24) is 5.32 Å². The molecule has 218 valence electrons. The average molecular weight is 578 g/mol. The number of carboxylic acid groups (broad SMARTS) is 1. The molecule has 1 aliphatic heterocycles. The van der Waals surface area contributed by atoms with Gasteiger partial charge in [-0.25, -0.2) is 0 Å². The predicted molar refractivity (Wildman–Crippen MR) is 159 cm³/mol. The zero-order valence-electron chi connectivity index (χ0n) is 23.2. The Morgan fingerprint density at radius 1 is 0.805 bits per heavy atom. The van der Waals surface area contributed by atoms with Crippen LogP contribution in [0.5, 0.6) is 0 Å². The van der Waals surface area contributed by atoms with Gasteiger partial charge in [0, 0.05) is 42.0 Å². The number of aliphatic hydroxyl groups excluding tert-OH is 1. The Kier molecular flexibility index (Phi) is 12.3. The number of aliphatic hydroxyl groups is 1. The first-order valence-corrected chi connectivity index (χ1v) is 15.2. The molecular weight excluding hydrogens is 538 g/mol. The molecule has 41 heavy (non-hydrogen) atoms. The molecule has 3 aromatic carbocycles. The Morgan fingerprint density at radius 2 is 1.46 bits per heavy atom. The number of rotatable bonds is 15. The number of carbonyl (C=O) groups excluding carboxylic acids is 1. The SMILES string of the molecule is O=C(O)CCCCCCC(=O)NCc1ccc(C2OC(CSc3ccccc3)CC(c3ccc(CO)cc3)O2)cc1. The number of unbranched alkanes of at least 4 members (excludes halogenated alkanes) is 3. The van der Waals surface area contributed by atoms with E-state index in [9.17, 15) is 14.7 Å². The normalized spacial score (nSPS) is 18.6. The number of aliphatic carboxylic acids is 1. The Hall–Kier alpha value is -3.17. The van der Waals surface area contributed by atoms with E-state index in [2.05, 4.69) is 17.4 Å². The number of hydrogen-bond donors (Lipinski definition) is 3. The number of amides is 1. The van der Waals surface area contributed by atoms with Crippen molar-refractivity contribution in [2.24, 2.45) is 0 Å². The minimum Gasteiger partial charge on any atom is -0.481 e. The monoisotopic (exact) mass is 577 g/mol. The second-order valence-electron chi connectivity index (χ2n) is 10.3. The van der Waals surface area contributed by atoms with Crippen molar-refractivity contribution in [2.75, 3.05) is 5.75 Å². The van der Waals surface area contributed by atoms with Gasteiger partial charge in [-0.05, 0) is 41.7 Å². The molecule has 1 amide bonds. The third-order valence-corrected chi connectivity index (χ3v) is 8.22. The highest BCUT2D eigenvalue weighted by atomic mass is 32.2. The second kappa shape index (κ2) is 16.3. The fourth-order valence-electron chi connectivity index (χ4n) is 4.73. The van der Waals surface area contributed by atoms with Crippen LogP contribution in [0.15, 0.2) is 83.8 Å². The molecule has 0 aliphatic carbocycles. The lowest BCUT2D eigenvalue weighted by Crippen LogP contribution is -2.31. The number of nitrogens with one attached hydrogen (secondary N) is 1. The molecule has 1 aliphatic rings. The van der Waals surface area contributed by atoms with Crippen LogP contribution in [0, 0.1) is 0 Å². The summed E-state index contributed by atoms with van der Waals surface area (Å²) in [5, 5.41) is 21.1. The Morgan fingerprint density at radius 3 is 2.15 bits per heavy atom. The summed E-state index contributed by atoms with van der Waals surface area (Å²) in [6.07, 6.45) is 3.80. The van der Waals surface area contributed by atoms with Crippen molar-refractivity contribution < 1.29 is 29.3 Å². The average Bonchev–Trinajstić information content (AvgIpc) is 3.01. The summed E-state index contributed by atoms with van der Waals surface area (Å²) in [7, 11) is 0. The summed E-state index contributed by atoms with van der Waals surface area (Å²) >= 11 is 1.77. The van der Waals surface area contributed by atoms with Crippen molar-refractivity contribution in [3.8, 4) is 0 Å². The molecule has 0 radical (unpaired) electrons. The van der Waals surface area contributed by atoms with E-state index >= 15 is 0 Å². The molecule has 3 aromatic rings. The molecule has 8 heteroatoms. The largest absolute Gasteiger partial charge is 0.481 e. The zero-order chi connectivity index (χ0) is 28.9. The van der Waals surface area contributed by atoms with E-state index in [4.69, 9.17) is 14.6 Å². The van der Waals surface area contributed by atoms with Crippen molar-refractivity contribution in [1.29, 1.82) is 0 Å². The highest BCUT2D eigenvalue weighted by Gasteiger charge is 2.32. The van der Waals surface area contributed by atoms with Crippen LogP contribution in [0.2, 0.25) is 0 Å². The molecule has 3 atom stereocenters. The maximum Gasteiger partial charge on any atom is 0.303 e. The molecule has 7 nitrogen and oxygen atoms in total. The van der Waals surface area contributed by atoms with Gasteiger partial charge in [-0.15, -0.1) is 11.8 Å². The van der Waals surface area contributed by atoms with Gasteiger partial charge in [0.25, 0.3) is 0 Å². The summed E-state index contributed by atoms with van der Waals surface area (Å²) in [6.45, 7) is 0.454. The zero-order valence-corrected chi connectivity index (χ0v) is 24.1. The third-order valence-electron chi connectivity index (χ3n) is 7.08. The van der Waals surface area contributed by atoms with Crippen molar-refractivity contribution >= 4 is 23.6 Å². The summed E-state index contributed by atoms with van der Waals surface area (Å²) < 4.78 is 12.9. The third kappa shape index (κ3) is 10.3. The number of thioether (sulfide) groups is 1. The molecular formula is C33H39NO6S. The standard InChI is InChI=1S/C33H39NO6S/c35-22-25-14-16-26(17-15-25)30-20-28(23-41-29-8-4-3-5-9-29)39-33(40-30)27-18-12-24(13-19-27)21-34-31(36)10-6-1-2-7-11-32(37)38/h3-5,8-9,12-19,28,30,33,35H,1-2,6-7,10-11,20-23H2,(H,34,36)(H,37,38). The predicted octanol–water partition coefficient (Wildman–Crippen LogP) is 6.56. The summed E-state index contributed by atoms with van der Waals surface area (Å²) in [4.78, 5) is 24.0. The van der Waals surface area contributed by atoms with Gasteiger partial charge >= 0.3 is 5.97 Å². The van der Waals surface area contributed by atoms with Crippen molar-refractivity contribution in [3.05, 3.63) is 101 Å². The number of ether oxygens (including phenoxy) is 2. The minimum atomic E-state index is -0.773. The Bertz CT molecular complexity index is 1220. The van der Waals surface area contributed by atoms with Crippen LogP contribution in [0.4, 0.5) is 0 Å². The smallest absolute Gasteiger partial charge is 0.303 e. The van der Waals surface area contributed by atoms with Crippen LogP contribution in [-0.4, -0.2) is 33.9 Å². The van der Waals surface area contributed by atoms with Crippen LogP contribution in [-0.2, 0) is 32.2 Å². The fourth-order valence-corrected chi connectivity index (χ4v) is 5.67. The lowest BCUT2D eigenvalue weighted by Gasteiger charge is -2.36. The maximum absolute atomic E-state index is 12.2. The van der Waals surface area contributed by atoms with Gasteiger partial charge in [-0.3, -0.25) is 9.59 Å². The topological polar surface area (TPSA) is 105 Å². The van der Waals surface area contributed by atoms with E-state index in [1.165, 1.54) is 4.90 Å². The van der Waals surface area contributed by atoms with Crippen molar-refractivity contribution in [3.63, 3.8) is 0 Å². The molecule has 3 N–H and O–H groups in total. The van der Waals surface area contributed by atoms with E-state index in [0.717, 1.165) is 53.7 Å². The number of hydrogen-bond acceptors (Lipinski definition) is 6. The molecule has 3 unspecified atom stereocenters. The van der Waals surface area contributed by atoms with Gasteiger partial charge in [0.05, 0.1) is 18.8 Å². The lowest BCUT2D eigenvalue weighted by molar-refractivity contribution is -0.245. The minimum absolute atomic E-state index is 0.0000690. The number of carbonyl (C=O) groups is 2. The van der Waals surface area contributed by atoms with Crippen LogP contribution < -0.4 is 5.32 Å². The first kappa shape index (κ1) is 30.8. The molecule has 1 saturated heterocycles. The molecule has 1 fully saturated rings. The molecule has 0 spiro atoms. The second-order valence-corrected chi connectivity index (χ2v) is 11.4. The summed E-state index contributed by atoms with van der Waals surface area (Å²) in [5.41, 5.74) is 3.85. The Labute approximate surface area is 246 Å². The van der Waals surface area contributed by atoms with Crippen LogP contribution in [0.3, 0.4) is 0 Å². The van der Waals surface area contributed by atoms with Crippen LogP contribution in [0.25, 0.3) is 0 Å². The van der Waals surface area contributed by atoms with E-state index in [1.807, 2.05) is 66.7 Å². The van der Waals surface area contributed by atoms with Gasteiger partial charge in [-0.2, -0.15) is 0 Å². The van der Waals surface area contributed by atoms with Gasteiger partial charge < -0.3 is 25.0 Å². The Balaban J connectivity index is 1.32. The van der Waals surface area contributed by atoms with Gasteiger partial charge in [0.2, 0.25) is 5.91 Å². The van der Waals surface area contributed by atoms with E-state index in [0.29, 0.717) is 19.4 Å². The molecule has 4 rings (SSSR count). The highest BCUT2D eigenvalue weighted by molar-refractivity contribution is 7.99. The summed E-state index contributed by atoms with van der Waals surface area (Å²) in [5.74, 6) is 0.0318. The van der Waals surface area contributed by atoms with Gasteiger partial charge in [0.1, 0.15) is 0 Å². The lowest BCUT2D eigenvalue weighted by atomic mass is 10.0. The molecule has 0 bridgehead atoms. The van der Waals surface area contributed by atoms with Crippen LogP contribution >= 0.6 is 11.8 Å². The number of benzene rings is 3. The highest BCUT2D eigenvalue weighted by Crippen LogP contribution is 2.39. The quantitative estimate of drug-likeness (QED) is 0.139. The van der Waals surface area contributed by atoms with E-state index < -0.39 is 12.3 Å².